The lowest BCUT2D eigenvalue weighted by molar-refractivity contribution is 0.482. The maximum atomic E-state index is 12.7. The van der Waals surface area contributed by atoms with Crippen LogP contribution in [0.2, 0.25) is 0 Å². The lowest BCUT2D eigenvalue weighted by Crippen LogP contribution is -2.09. The molecule has 25 heavy (non-hydrogen) atoms. The van der Waals surface area contributed by atoms with Gasteiger partial charge in [-0.25, -0.2) is 22.0 Å². The van der Waals surface area contributed by atoms with Gasteiger partial charge in [0, 0.05) is 11.1 Å². The van der Waals surface area contributed by atoms with Gasteiger partial charge >= 0.3 is 0 Å². The van der Waals surface area contributed by atoms with E-state index in [1.165, 1.54) is 0 Å². The maximum Gasteiger partial charge on any atom is 0.295 e. The highest BCUT2D eigenvalue weighted by Gasteiger charge is 2.26. The predicted molar refractivity (Wildman–Crippen MR) is 87.0 cm³/mol. The first-order chi connectivity index (χ1) is 11.9. The van der Waals surface area contributed by atoms with E-state index in [1.807, 2.05) is 0 Å². The van der Waals surface area contributed by atoms with Gasteiger partial charge in [0.1, 0.15) is 4.90 Å². The first-order valence-electron chi connectivity index (χ1n) is 6.42. The molecule has 0 spiro atoms. The zero-order valence-corrected chi connectivity index (χ0v) is 13.2. The second-order valence-corrected chi connectivity index (χ2v) is 5.69. The van der Waals surface area contributed by atoms with Crippen LogP contribution in [0.25, 0.3) is 30.4 Å². The summed E-state index contributed by atoms with van der Waals surface area (Å²) in [4.78, 5) is -1.01. The van der Waals surface area contributed by atoms with E-state index in [0.717, 1.165) is 0 Å². The van der Waals surface area contributed by atoms with Gasteiger partial charge in [-0.15, -0.1) is 0 Å². The first-order valence-corrected chi connectivity index (χ1v) is 7.86. The molecule has 0 amide bonds. The van der Waals surface area contributed by atoms with E-state index in [9.17, 15) is 34.9 Å². The quantitative estimate of drug-likeness (QED) is 0.515. The van der Waals surface area contributed by atoms with Crippen molar-refractivity contribution in [2.45, 2.75) is 4.90 Å². The average Bonchev–Trinajstić information content (AvgIpc) is 2.53. The summed E-state index contributed by atoms with van der Waals surface area (Å²) < 4.78 is 96.5. The molecule has 0 aliphatic heterocycles. The van der Waals surface area contributed by atoms with E-state index < -0.39 is 26.1 Å². The van der Waals surface area contributed by atoms with Crippen molar-refractivity contribution in [3.05, 3.63) is 59.5 Å². The van der Waals surface area contributed by atoms with E-state index in [0.29, 0.717) is 30.4 Å². The summed E-state index contributed by atoms with van der Waals surface area (Å²) in [5.41, 5.74) is -2.23. The Bertz CT molecular complexity index is 833. The number of hydrogen-bond donors (Lipinski definition) is 1. The van der Waals surface area contributed by atoms with Crippen molar-refractivity contribution in [3.8, 4) is 0 Å². The Morgan fingerprint density at radius 2 is 0.800 bits per heavy atom. The highest BCUT2D eigenvalue weighted by atomic mass is 32.2. The molecule has 1 rings (SSSR count). The van der Waals surface area contributed by atoms with Crippen LogP contribution < -0.4 is 0 Å². The highest BCUT2D eigenvalue weighted by molar-refractivity contribution is 7.86. The second-order valence-electron chi connectivity index (χ2n) is 4.34. The molecule has 134 valence electrons. The molecule has 0 fully saturated rings. The number of benzene rings is 1. The summed E-state index contributed by atoms with van der Waals surface area (Å²) in [5, 5.41) is 0. The van der Waals surface area contributed by atoms with Gasteiger partial charge in [-0.1, -0.05) is 0 Å². The van der Waals surface area contributed by atoms with Gasteiger partial charge in [-0.05, 0) is 47.1 Å². The third-order valence-corrected chi connectivity index (χ3v) is 4.01. The SMILES string of the molecule is O=S(=O)(O)c1c(C=CF)c(C=CF)c(C=CF)c(C=CF)c1C=CF. The molecule has 0 atom stereocenters. The number of hydrogen-bond acceptors (Lipinski definition) is 2. The van der Waals surface area contributed by atoms with Gasteiger partial charge in [0.15, 0.2) is 0 Å². The monoisotopic (exact) mass is 378 g/mol. The Kier molecular flexibility index (Phi) is 7.46. The molecule has 0 saturated heterocycles. The van der Waals surface area contributed by atoms with Crippen LogP contribution in [0.3, 0.4) is 0 Å². The first kappa shape index (κ1) is 20.5. The number of halogens is 5. The van der Waals surface area contributed by atoms with Gasteiger partial charge in [0.05, 0.1) is 31.6 Å². The van der Waals surface area contributed by atoms with Crippen molar-refractivity contribution < 1.29 is 34.9 Å². The molecule has 0 aliphatic rings. The Morgan fingerprint density at radius 1 is 0.560 bits per heavy atom. The third-order valence-electron chi connectivity index (χ3n) is 3.06. The molecule has 1 aromatic rings. The Labute approximate surface area is 140 Å². The van der Waals surface area contributed by atoms with Crippen molar-refractivity contribution in [2.24, 2.45) is 0 Å². The molecular weight excluding hydrogens is 367 g/mol. The van der Waals surface area contributed by atoms with Crippen LogP contribution in [-0.2, 0) is 10.1 Å². The summed E-state index contributed by atoms with van der Waals surface area (Å²) >= 11 is 0. The fraction of sp³-hybridized carbons (Fsp3) is 0. The Balaban J connectivity index is 4.40. The van der Waals surface area contributed by atoms with E-state index >= 15 is 0 Å². The Morgan fingerprint density at radius 3 is 1.04 bits per heavy atom. The summed E-state index contributed by atoms with van der Waals surface area (Å²) in [5.74, 6) is 0. The lowest BCUT2D eigenvalue weighted by Gasteiger charge is -2.18. The zero-order valence-electron chi connectivity index (χ0n) is 12.3. The van der Waals surface area contributed by atoms with Crippen LogP contribution in [0.4, 0.5) is 22.0 Å². The van der Waals surface area contributed by atoms with Crippen LogP contribution >= 0.6 is 0 Å². The molecule has 1 N–H and O–H groups in total. The van der Waals surface area contributed by atoms with E-state index in [-0.39, 0.29) is 48.3 Å². The minimum absolute atomic E-state index is 0.0144. The fourth-order valence-electron chi connectivity index (χ4n) is 2.29. The summed E-state index contributed by atoms with van der Waals surface area (Å²) in [6.07, 6.45) is 2.76. The predicted octanol–water partition coefficient (Wildman–Crippen LogP) is 5.63. The Hall–Kier alpha value is -2.52. The summed E-state index contributed by atoms with van der Waals surface area (Å²) in [7, 11) is -5.09. The van der Waals surface area contributed by atoms with Crippen molar-refractivity contribution in [1.29, 1.82) is 0 Å². The standard InChI is InChI=1S/C16H11F5O3S/c17-6-1-11-12(2-7-18)14(4-9-20)16(25(22,23)24)15(5-10-21)13(11)3-8-19/h1-10H,(H,22,23,24). The van der Waals surface area contributed by atoms with Gasteiger partial charge in [-0.2, -0.15) is 8.42 Å². The molecule has 0 saturated carbocycles. The van der Waals surface area contributed by atoms with Gasteiger partial charge < -0.3 is 0 Å². The molecule has 0 aliphatic carbocycles. The minimum Gasteiger partial charge on any atom is -0.282 e. The van der Waals surface area contributed by atoms with E-state index in [4.69, 9.17) is 0 Å². The van der Waals surface area contributed by atoms with Crippen molar-refractivity contribution in [3.63, 3.8) is 0 Å². The smallest absolute Gasteiger partial charge is 0.282 e. The normalized spacial score (nSPS) is 13.5. The lowest BCUT2D eigenvalue weighted by atomic mass is 9.90. The second kappa shape index (κ2) is 9.09. The summed E-state index contributed by atoms with van der Waals surface area (Å²) in [6.45, 7) is 0. The summed E-state index contributed by atoms with van der Waals surface area (Å²) in [6, 6.07) is 0. The maximum absolute atomic E-state index is 12.7. The molecule has 1 aromatic carbocycles. The molecule has 9 heteroatoms. The molecule has 0 radical (unpaired) electrons. The van der Waals surface area contributed by atoms with Crippen molar-refractivity contribution in [2.75, 3.05) is 0 Å². The largest absolute Gasteiger partial charge is 0.295 e. The topological polar surface area (TPSA) is 54.4 Å². The molecule has 3 nitrogen and oxygen atoms in total. The van der Waals surface area contributed by atoms with Gasteiger partial charge in [-0.3, -0.25) is 4.55 Å². The van der Waals surface area contributed by atoms with Crippen LogP contribution in [0.15, 0.2) is 36.5 Å². The zero-order chi connectivity index (χ0) is 19.0. The highest BCUT2D eigenvalue weighted by Crippen LogP contribution is 2.36. The van der Waals surface area contributed by atoms with Crippen LogP contribution in [0.5, 0.6) is 0 Å². The van der Waals surface area contributed by atoms with E-state index in [2.05, 4.69) is 0 Å². The van der Waals surface area contributed by atoms with Crippen LogP contribution in [0.1, 0.15) is 27.8 Å². The molecule has 0 bridgehead atoms. The number of rotatable bonds is 6. The molecular formula is C16H11F5O3S. The average molecular weight is 378 g/mol. The third kappa shape index (κ3) is 4.52. The van der Waals surface area contributed by atoms with Gasteiger partial charge in [0.2, 0.25) is 0 Å². The molecule has 0 heterocycles. The van der Waals surface area contributed by atoms with Crippen molar-refractivity contribution in [1.82, 2.24) is 0 Å². The molecule has 0 unspecified atom stereocenters. The minimum atomic E-state index is -5.09. The van der Waals surface area contributed by atoms with Gasteiger partial charge in [0.25, 0.3) is 10.1 Å². The fourth-order valence-corrected chi connectivity index (χ4v) is 3.20. The van der Waals surface area contributed by atoms with Crippen LogP contribution in [0, 0.1) is 0 Å². The van der Waals surface area contributed by atoms with Crippen molar-refractivity contribution >= 4 is 40.5 Å². The molecule has 0 aromatic heterocycles. The van der Waals surface area contributed by atoms with Crippen LogP contribution in [-0.4, -0.2) is 13.0 Å². The van der Waals surface area contributed by atoms with E-state index in [1.54, 1.807) is 0 Å².